The Labute approximate surface area is 131 Å². The number of halogens is 6. The summed E-state index contributed by atoms with van der Waals surface area (Å²) >= 11 is 0. The summed E-state index contributed by atoms with van der Waals surface area (Å²) in [6.45, 7) is -0.873. The number of amides is 1. The molecule has 1 atom stereocenters. The van der Waals surface area contributed by atoms with Crippen LogP contribution in [0.4, 0.5) is 26.3 Å². The van der Waals surface area contributed by atoms with Gasteiger partial charge in [0.25, 0.3) is 5.91 Å². The average molecular weight is 349 g/mol. The molecule has 0 aliphatic rings. The molecule has 1 unspecified atom stereocenters. The highest BCUT2D eigenvalue weighted by Gasteiger charge is 2.23. The van der Waals surface area contributed by atoms with Crippen LogP contribution in [0.1, 0.15) is 22.0 Å². The molecule has 0 spiro atoms. The van der Waals surface area contributed by atoms with E-state index in [0.29, 0.717) is 24.3 Å². The van der Waals surface area contributed by atoms with Crippen LogP contribution in [0.2, 0.25) is 0 Å². The predicted molar refractivity (Wildman–Crippen MR) is 69.9 cm³/mol. The van der Waals surface area contributed by atoms with Gasteiger partial charge in [-0.05, 0) is 29.8 Å². The van der Waals surface area contributed by atoms with Gasteiger partial charge in [0.15, 0.2) is 34.9 Å². The molecule has 2 rings (SSSR count). The Hall–Kier alpha value is -2.55. The van der Waals surface area contributed by atoms with Crippen molar-refractivity contribution in [3.05, 3.63) is 70.3 Å². The van der Waals surface area contributed by atoms with Crippen molar-refractivity contribution in [1.82, 2.24) is 5.32 Å². The van der Waals surface area contributed by atoms with Crippen LogP contribution >= 0.6 is 0 Å². The summed E-state index contributed by atoms with van der Waals surface area (Å²) in [5, 5.41) is 11.2. The Morgan fingerprint density at radius 2 is 1.50 bits per heavy atom. The fourth-order valence-corrected chi connectivity index (χ4v) is 1.95. The number of aliphatic hydroxyl groups is 1. The number of rotatable bonds is 4. The van der Waals surface area contributed by atoms with Gasteiger partial charge in [0, 0.05) is 0 Å². The zero-order valence-corrected chi connectivity index (χ0v) is 11.7. The molecule has 3 nitrogen and oxygen atoms in total. The number of hydrogen-bond acceptors (Lipinski definition) is 2. The summed E-state index contributed by atoms with van der Waals surface area (Å²) < 4.78 is 78.8. The number of carbonyl (C=O) groups is 1. The fraction of sp³-hybridized carbons (Fsp3) is 0.133. The minimum absolute atomic E-state index is 0.342. The molecule has 0 fully saturated rings. The Balaban J connectivity index is 2.31. The summed E-state index contributed by atoms with van der Waals surface area (Å²) in [6.07, 6.45) is 0. The number of aliphatic hydroxyl groups excluding tert-OH is 1. The van der Waals surface area contributed by atoms with Gasteiger partial charge < -0.3 is 10.4 Å². The largest absolute Gasteiger partial charge is 0.394 e. The van der Waals surface area contributed by atoms with Gasteiger partial charge in [-0.2, -0.15) is 0 Å². The summed E-state index contributed by atoms with van der Waals surface area (Å²) in [7, 11) is 0. The maximum Gasteiger partial charge on any atom is 0.254 e. The van der Waals surface area contributed by atoms with E-state index in [9.17, 15) is 36.2 Å². The lowest BCUT2D eigenvalue weighted by Crippen LogP contribution is -2.32. The lowest BCUT2D eigenvalue weighted by atomic mass is 10.1. The van der Waals surface area contributed by atoms with Gasteiger partial charge in [0.2, 0.25) is 0 Å². The first-order chi connectivity index (χ1) is 11.3. The van der Waals surface area contributed by atoms with E-state index in [2.05, 4.69) is 0 Å². The first kappa shape index (κ1) is 17.8. The lowest BCUT2D eigenvalue weighted by molar-refractivity contribution is 0.0910. The maximum absolute atomic E-state index is 13.5. The lowest BCUT2D eigenvalue weighted by Gasteiger charge is -2.17. The molecule has 0 aliphatic heterocycles. The number of benzene rings is 2. The van der Waals surface area contributed by atoms with Crippen LogP contribution in [0, 0.1) is 34.9 Å². The molecule has 2 N–H and O–H groups in total. The highest BCUT2D eigenvalue weighted by Crippen LogP contribution is 2.21. The Kier molecular flexibility index (Phi) is 5.13. The zero-order valence-electron chi connectivity index (χ0n) is 11.7. The number of nitrogens with one attached hydrogen (secondary N) is 1. The van der Waals surface area contributed by atoms with E-state index in [0.717, 1.165) is 0 Å². The van der Waals surface area contributed by atoms with Gasteiger partial charge in [-0.15, -0.1) is 0 Å². The number of hydrogen-bond donors (Lipinski definition) is 2. The van der Waals surface area contributed by atoms with Crippen LogP contribution < -0.4 is 5.32 Å². The first-order valence-corrected chi connectivity index (χ1v) is 6.46. The van der Waals surface area contributed by atoms with Crippen molar-refractivity contribution in [3.8, 4) is 0 Å². The second-order valence-electron chi connectivity index (χ2n) is 4.73. The van der Waals surface area contributed by atoms with Crippen molar-refractivity contribution >= 4 is 5.91 Å². The molecule has 24 heavy (non-hydrogen) atoms. The highest BCUT2D eigenvalue weighted by atomic mass is 19.2. The van der Waals surface area contributed by atoms with E-state index in [1.54, 1.807) is 0 Å². The Bertz CT molecular complexity index is 773. The SMILES string of the molecule is O=C(NC(CO)c1cc(F)c(F)c(F)c1)c1ccc(F)c(F)c1F. The van der Waals surface area contributed by atoms with E-state index >= 15 is 0 Å². The van der Waals surface area contributed by atoms with Crippen molar-refractivity contribution in [2.24, 2.45) is 0 Å². The van der Waals surface area contributed by atoms with Crippen LogP contribution in [-0.2, 0) is 0 Å². The standard InChI is InChI=1S/C15H9F6NO2/c16-8-2-1-7(12(19)14(8)21)15(24)22-11(5-23)6-3-9(17)13(20)10(18)4-6/h1-4,11,23H,5H2,(H,22,24). The van der Waals surface area contributed by atoms with Crippen LogP contribution in [0.5, 0.6) is 0 Å². The fourth-order valence-electron chi connectivity index (χ4n) is 1.95. The predicted octanol–water partition coefficient (Wildman–Crippen LogP) is 2.98. The van der Waals surface area contributed by atoms with Crippen LogP contribution in [0.15, 0.2) is 24.3 Å². The molecule has 128 valence electrons. The molecular formula is C15H9F6NO2. The second kappa shape index (κ2) is 6.91. The normalized spacial score (nSPS) is 12.1. The topological polar surface area (TPSA) is 49.3 Å². The maximum atomic E-state index is 13.5. The molecule has 2 aromatic carbocycles. The monoisotopic (exact) mass is 349 g/mol. The second-order valence-corrected chi connectivity index (χ2v) is 4.73. The number of carbonyl (C=O) groups excluding carboxylic acids is 1. The van der Waals surface area contributed by atoms with Gasteiger partial charge in [-0.3, -0.25) is 4.79 Å². The summed E-state index contributed by atoms with van der Waals surface area (Å²) in [4.78, 5) is 11.9. The summed E-state index contributed by atoms with van der Waals surface area (Å²) in [6, 6.07) is 0.791. The van der Waals surface area contributed by atoms with Crippen LogP contribution in [0.3, 0.4) is 0 Å². The molecule has 0 heterocycles. The quantitative estimate of drug-likeness (QED) is 0.659. The van der Waals surface area contributed by atoms with Gasteiger partial charge >= 0.3 is 0 Å². The molecular weight excluding hydrogens is 340 g/mol. The van der Waals surface area contributed by atoms with Gasteiger partial charge in [0.05, 0.1) is 18.2 Å². The molecule has 1 amide bonds. The van der Waals surface area contributed by atoms with Gasteiger partial charge in [-0.25, -0.2) is 26.3 Å². The van der Waals surface area contributed by atoms with E-state index in [1.807, 2.05) is 5.32 Å². The molecule has 2 aromatic rings. The minimum atomic E-state index is -1.87. The third-order valence-corrected chi connectivity index (χ3v) is 3.18. The smallest absolute Gasteiger partial charge is 0.254 e. The molecule has 0 radical (unpaired) electrons. The third-order valence-electron chi connectivity index (χ3n) is 3.18. The van der Waals surface area contributed by atoms with E-state index in [4.69, 9.17) is 0 Å². The minimum Gasteiger partial charge on any atom is -0.394 e. The molecule has 9 heteroatoms. The van der Waals surface area contributed by atoms with E-state index in [1.165, 1.54) is 0 Å². The summed E-state index contributed by atoms with van der Waals surface area (Å²) in [5.74, 6) is -11.3. The molecule has 0 saturated heterocycles. The van der Waals surface area contributed by atoms with Crippen molar-refractivity contribution in [1.29, 1.82) is 0 Å². The molecule has 0 bridgehead atoms. The van der Waals surface area contributed by atoms with Gasteiger partial charge in [-0.1, -0.05) is 0 Å². The van der Waals surface area contributed by atoms with E-state index in [-0.39, 0.29) is 5.56 Å². The Morgan fingerprint density at radius 1 is 0.917 bits per heavy atom. The molecule has 0 aromatic heterocycles. The molecule has 0 saturated carbocycles. The first-order valence-electron chi connectivity index (χ1n) is 6.46. The van der Waals surface area contributed by atoms with Crippen LogP contribution in [-0.4, -0.2) is 17.6 Å². The van der Waals surface area contributed by atoms with Crippen molar-refractivity contribution in [2.45, 2.75) is 6.04 Å². The average Bonchev–Trinajstić information content (AvgIpc) is 2.54. The van der Waals surface area contributed by atoms with Crippen molar-refractivity contribution in [3.63, 3.8) is 0 Å². The van der Waals surface area contributed by atoms with Crippen molar-refractivity contribution < 1.29 is 36.2 Å². The Morgan fingerprint density at radius 3 is 2.04 bits per heavy atom. The third kappa shape index (κ3) is 3.35. The van der Waals surface area contributed by atoms with Crippen molar-refractivity contribution in [2.75, 3.05) is 6.61 Å². The van der Waals surface area contributed by atoms with Crippen LogP contribution in [0.25, 0.3) is 0 Å². The van der Waals surface area contributed by atoms with Gasteiger partial charge in [0.1, 0.15) is 0 Å². The zero-order chi connectivity index (χ0) is 18.0. The highest BCUT2D eigenvalue weighted by molar-refractivity contribution is 5.94. The molecule has 0 aliphatic carbocycles. The summed E-state index contributed by atoms with van der Waals surface area (Å²) in [5.41, 5.74) is -1.22. The van der Waals surface area contributed by atoms with E-state index < -0.39 is 59.0 Å².